The van der Waals surface area contributed by atoms with E-state index in [0.717, 1.165) is 38.2 Å². The Morgan fingerprint density at radius 3 is 3.05 bits per heavy atom. The molecule has 1 aliphatic rings. The predicted molar refractivity (Wildman–Crippen MR) is 86.1 cm³/mol. The highest BCUT2D eigenvalue weighted by molar-refractivity contribution is 6.31. The summed E-state index contributed by atoms with van der Waals surface area (Å²) in [6, 6.07) is 5.45. The van der Waals surface area contributed by atoms with Crippen LogP contribution in [0.25, 0.3) is 0 Å². The zero-order valence-electron chi connectivity index (χ0n) is 12.7. The summed E-state index contributed by atoms with van der Waals surface area (Å²) >= 11 is 6.06. The molecule has 1 aromatic carbocycles. The smallest absolute Gasteiger partial charge is 0.256 e. The van der Waals surface area contributed by atoms with Gasteiger partial charge in [0.1, 0.15) is 0 Å². The number of carbonyl (C=O) groups excluding carboxylic acids is 1. The summed E-state index contributed by atoms with van der Waals surface area (Å²) in [5, 5.41) is 3.89. The molecular weight excluding hydrogens is 288 g/mol. The SMILES string of the molecule is CCCNc1ccc(Cl)cc1C(=O)N1CCC(COC)C1. The molecule has 0 bridgehead atoms. The number of rotatable bonds is 6. The number of benzene rings is 1. The van der Waals surface area contributed by atoms with Gasteiger partial charge in [0, 0.05) is 43.4 Å². The number of nitrogens with zero attached hydrogens (tertiary/aromatic N) is 1. The van der Waals surface area contributed by atoms with Crippen molar-refractivity contribution in [1.82, 2.24) is 4.90 Å². The topological polar surface area (TPSA) is 41.6 Å². The van der Waals surface area contributed by atoms with Gasteiger partial charge in [-0.3, -0.25) is 4.79 Å². The summed E-state index contributed by atoms with van der Waals surface area (Å²) in [5.74, 6) is 0.486. The molecule has 0 saturated carbocycles. The first-order valence-electron chi connectivity index (χ1n) is 7.47. The Morgan fingerprint density at radius 1 is 1.52 bits per heavy atom. The molecule has 1 aliphatic heterocycles. The average molecular weight is 311 g/mol. The van der Waals surface area contributed by atoms with E-state index in [9.17, 15) is 4.79 Å². The fourth-order valence-corrected chi connectivity index (χ4v) is 2.84. The maximum Gasteiger partial charge on any atom is 0.256 e. The van der Waals surface area contributed by atoms with E-state index in [1.54, 1.807) is 13.2 Å². The Morgan fingerprint density at radius 2 is 2.33 bits per heavy atom. The van der Waals surface area contributed by atoms with Gasteiger partial charge in [-0.2, -0.15) is 0 Å². The number of amides is 1. The fraction of sp³-hybridized carbons (Fsp3) is 0.562. The van der Waals surface area contributed by atoms with Gasteiger partial charge >= 0.3 is 0 Å². The van der Waals surface area contributed by atoms with Crippen LogP contribution in [0.15, 0.2) is 18.2 Å². The number of hydrogen-bond acceptors (Lipinski definition) is 3. The minimum absolute atomic E-state index is 0.0507. The highest BCUT2D eigenvalue weighted by Gasteiger charge is 2.28. The Balaban J connectivity index is 2.12. The van der Waals surface area contributed by atoms with Gasteiger partial charge < -0.3 is 15.0 Å². The number of carbonyl (C=O) groups is 1. The lowest BCUT2D eigenvalue weighted by Crippen LogP contribution is -2.30. The highest BCUT2D eigenvalue weighted by atomic mass is 35.5. The lowest BCUT2D eigenvalue weighted by molar-refractivity contribution is 0.0776. The van der Waals surface area contributed by atoms with E-state index < -0.39 is 0 Å². The number of nitrogens with one attached hydrogen (secondary N) is 1. The summed E-state index contributed by atoms with van der Waals surface area (Å²) in [6.45, 7) is 5.19. The van der Waals surface area contributed by atoms with Gasteiger partial charge in [-0.15, -0.1) is 0 Å². The normalized spacial score (nSPS) is 18.0. The van der Waals surface area contributed by atoms with Crippen molar-refractivity contribution in [3.05, 3.63) is 28.8 Å². The lowest BCUT2D eigenvalue weighted by atomic mass is 10.1. The minimum Gasteiger partial charge on any atom is -0.384 e. The first kappa shape index (κ1) is 16.1. The zero-order valence-corrected chi connectivity index (χ0v) is 13.4. The zero-order chi connectivity index (χ0) is 15.2. The van der Waals surface area contributed by atoms with Crippen LogP contribution in [0, 0.1) is 5.92 Å². The van der Waals surface area contributed by atoms with E-state index in [1.165, 1.54) is 0 Å². The average Bonchev–Trinajstić information content (AvgIpc) is 2.94. The van der Waals surface area contributed by atoms with Crippen molar-refractivity contribution in [2.45, 2.75) is 19.8 Å². The third kappa shape index (κ3) is 4.11. The van der Waals surface area contributed by atoms with Gasteiger partial charge in [-0.05, 0) is 31.0 Å². The van der Waals surface area contributed by atoms with E-state index in [-0.39, 0.29) is 5.91 Å². The largest absolute Gasteiger partial charge is 0.384 e. The molecular formula is C16H23ClN2O2. The molecule has 5 heteroatoms. The van der Waals surface area contributed by atoms with Gasteiger partial charge in [0.25, 0.3) is 5.91 Å². The van der Waals surface area contributed by atoms with Crippen molar-refractivity contribution < 1.29 is 9.53 Å². The molecule has 1 amide bonds. The van der Waals surface area contributed by atoms with Crippen LogP contribution < -0.4 is 5.32 Å². The third-order valence-corrected chi connectivity index (χ3v) is 3.99. The summed E-state index contributed by atoms with van der Waals surface area (Å²) in [5.41, 5.74) is 1.52. The Hall–Kier alpha value is -1.26. The summed E-state index contributed by atoms with van der Waals surface area (Å²) in [7, 11) is 1.70. The number of hydrogen-bond donors (Lipinski definition) is 1. The highest BCUT2D eigenvalue weighted by Crippen LogP contribution is 2.25. The molecule has 2 rings (SSSR count). The Bertz CT molecular complexity index is 493. The molecule has 1 saturated heterocycles. The van der Waals surface area contributed by atoms with Gasteiger partial charge in [0.15, 0.2) is 0 Å². The van der Waals surface area contributed by atoms with Gasteiger partial charge in [-0.25, -0.2) is 0 Å². The lowest BCUT2D eigenvalue weighted by Gasteiger charge is -2.19. The van der Waals surface area contributed by atoms with E-state index in [0.29, 0.717) is 23.1 Å². The van der Waals surface area contributed by atoms with Gasteiger partial charge in [0.2, 0.25) is 0 Å². The quantitative estimate of drug-likeness (QED) is 0.877. The number of ether oxygens (including phenoxy) is 1. The Labute approximate surface area is 131 Å². The van der Waals surface area contributed by atoms with Crippen molar-refractivity contribution in [3.63, 3.8) is 0 Å². The molecule has 116 valence electrons. The maximum absolute atomic E-state index is 12.7. The third-order valence-electron chi connectivity index (χ3n) is 3.75. The first-order valence-corrected chi connectivity index (χ1v) is 7.85. The molecule has 4 nitrogen and oxygen atoms in total. The van der Waals surface area contributed by atoms with Crippen molar-refractivity contribution in [1.29, 1.82) is 0 Å². The van der Waals surface area contributed by atoms with Crippen molar-refractivity contribution in [2.24, 2.45) is 5.92 Å². The Kier molecular flexibility index (Phi) is 5.88. The molecule has 1 fully saturated rings. The second kappa shape index (κ2) is 7.66. The van der Waals surface area contributed by atoms with Crippen molar-refractivity contribution in [2.75, 3.05) is 38.7 Å². The summed E-state index contributed by atoms with van der Waals surface area (Å²) < 4.78 is 5.18. The standard InChI is InChI=1S/C16H23ClN2O2/c1-3-7-18-15-5-4-13(17)9-14(15)16(20)19-8-6-12(10-19)11-21-2/h4-5,9,12,18H,3,6-8,10-11H2,1-2H3. The number of methoxy groups -OCH3 is 1. The van der Waals surface area contributed by atoms with Crippen LogP contribution >= 0.6 is 11.6 Å². The van der Waals surface area contributed by atoms with Gasteiger partial charge in [0.05, 0.1) is 12.2 Å². The second-order valence-corrected chi connectivity index (χ2v) is 5.91. The minimum atomic E-state index is 0.0507. The van der Waals surface area contributed by atoms with Crippen LogP contribution in [0.4, 0.5) is 5.69 Å². The van der Waals surface area contributed by atoms with Crippen LogP contribution in [0.2, 0.25) is 5.02 Å². The monoisotopic (exact) mass is 310 g/mol. The maximum atomic E-state index is 12.7. The first-order chi connectivity index (χ1) is 10.2. The molecule has 1 aromatic rings. The molecule has 1 unspecified atom stereocenters. The van der Waals surface area contributed by atoms with E-state index in [1.807, 2.05) is 17.0 Å². The molecule has 0 spiro atoms. The molecule has 1 N–H and O–H groups in total. The van der Waals surface area contributed by atoms with E-state index in [2.05, 4.69) is 12.2 Å². The number of halogens is 1. The van der Waals surface area contributed by atoms with E-state index >= 15 is 0 Å². The van der Waals surface area contributed by atoms with Crippen LogP contribution in [-0.4, -0.2) is 44.2 Å². The van der Waals surface area contributed by atoms with Crippen molar-refractivity contribution in [3.8, 4) is 0 Å². The van der Waals surface area contributed by atoms with Crippen molar-refractivity contribution >= 4 is 23.2 Å². The molecule has 21 heavy (non-hydrogen) atoms. The molecule has 1 heterocycles. The second-order valence-electron chi connectivity index (χ2n) is 5.48. The predicted octanol–water partition coefficient (Wildman–Crippen LogP) is 3.27. The van der Waals surface area contributed by atoms with Crippen LogP contribution in [0.5, 0.6) is 0 Å². The summed E-state index contributed by atoms with van der Waals surface area (Å²) in [6.07, 6.45) is 2.01. The number of anilines is 1. The molecule has 1 atom stereocenters. The van der Waals surface area contributed by atoms with Gasteiger partial charge in [-0.1, -0.05) is 18.5 Å². The van der Waals surface area contributed by atoms with Crippen LogP contribution in [-0.2, 0) is 4.74 Å². The van der Waals surface area contributed by atoms with E-state index in [4.69, 9.17) is 16.3 Å². The van der Waals surface area contributed by atoms with Crippen LogP contribution in [0.1, 0.15) is 30.1 Å². The number of likely N-dealkylation sites (tertiary alicyclic amines) is 1. The molecule has 0 radical (unpaired) electrons. The fourth-order valence-electron chi connectivity index (χ4n) is 2.67. The molecule has 0 aliphatic carbocycles. The van der Waals surface area contributed by atoms with Crippen LogP contribution in [0.3, 0.4) is 0 Å². The molecule has 0 aromatic heterocycles. The summed E-state index contributed by atoms with van der Waals surface area (Å²) in [4.78, 5) is 14.6.